The first-order valence-electron chi connectivity index (χ1n) is 4.93. The van der Waals surface area contributed by atoms with Gasteiger partial charge in [-0.2, -0.15) is 0 Å². The lowest BCUT2D eigenvalue weighted by Gasteiger charge is -2.06. The standard InChI is InChI=1S/C12H7BrClFN2O/c13-8-3-7(4-9(14)5-8)12(18)17-11-1-2-16-6-10(11)15/h1-6H,(H,16,17,18). The Labute approximate surface area is 116 Å². The third-order valence-corrected chi connectivity index (χ3v) is 2.82. The molecule has 1 aromatic heterocycles. The molecule has 2 rings (SSSR count). The van der Waals surface area contributed by atoms with Gasteiger partial charge in [-0.3, -0.25) is 9.78 Å². The fourth-order valence-corrected chi connectivity index (χ4v) is 2.22. The topological polar surface area (TPSA) is 42.0 Å². The molecule has 18 heavy (non-hydrogen) atoms. The van der Waals surface area contributed by atoms with Crippen molar-refractivity contribution in [3.63, 3.8) is 0 Å². The van der Waals surface area contributed by atoms with E-state index in [-0.39, 0.29) is 5.69 Å². The van der Waals surface area contributed by atoms with E-state index in [0.717, 1.165) is 6.20 Å². The Balaban J connectivity index is 2.25. The summed E-state index contributed by atoms with van der Waals surface area (Å²) in [7, 11) is 0. The largest absolute Gasteiger partial charge is 0.319 e. The van der Waals surface area contributed by atoms with Gasteiger partial charge in [0.15, 0.2) is 5.82 Å². The number of benzene rings is 1. The number of rotatable bonds is 2. The molecule has 3 nitrogen and oxygen atoms in total. The monoisotopic (exact) mass is 328 g/mol. The van der Waals surface area contributed by atoms with Gasteiger partial charge in [-0.1, -0.05) is 27.5 Å². The predicted octanol–water partition coefficient (Wildman–Crippen LogP) is 3.89. The SMILES string of the molecule is O=C(Nc1ccncc1F)c1cc(Cl)cc(Br)c1. The molecule has 1 amide bonds. The quantitative estimate of drug-likeness (QED) is 0.908. The van der Waals surface area contributed by atoms with Crippen molar-refractivity contribution < 1.29 is 9.18 Å². The summed E-state index contributed by atoms with van der Waals surface area (Å²) < 4.78 is 14.0. The van der Waals surface area contributed by atoms with E-state index in [2.05, 4.69) is 26.2 Å². The first-order valence-corrected chi connectivity index (χ1v) is 6.10. The number of nitrogens with zero attached hydrogens (tertiary/aromatic N) is 1. The van der Waals surface area contributed by atoms with E-state index in [0.29, 0.717) is 15.1 Å². The number of hydrogen-bond donors (Lipinski definition) is 1. The van der Waals surface area contributed by atoms with Crippen molar-refractivity contribution in [1.29, 1.82) is 0 Å². The summed E-state index contributed by atoms with van der Waals surface area (Å²) in [5.41, 5.74) is 0.414. The second kappa shape index (κ2) is 5.46. The molecule has 0 bridgehead atoms. The fourth-order valence-electron chi connectivity index (χ4n) is 1.36. The number of anilines is 1. The highest BCUT2D eigenvalue weighted by Crippen LogP contribution is 2.21. The molecule has 0 aliphatic carbocycles. The summed E-state index contributed by atoms with van der Waals surface area (Å²) in [5.74, 6) is -1.03. The van der Waals surface area contributed by atoms with Crippen molar-refractivity contribution in [1.82, 2.24) is 4.98 Å². The maximum absolute atomic E-state index is 13.3. The summed E-state index contributed by atoms with van der Waals surface area (Å²) in [4.78, 5) is 15.5. The Morgan fingerprint density at radius 2 is 2.17 bits per heavy atom. The fraction of sp³-hybridized carbons (Fsp3) is 0. The molecule has 2 aromatic rings. The molecule has 0 unspecified atom stereocenters. The average molecular weight is 330 g/mol. The molecule has 0 fully saturated rings. The van der Waals surface area contributed by atoms with Gasteiger partial charge in [0.25, 0.3) is 5.91 Å². The first-order chi connectivity index (χ1) is 8.56. The van der Waals surface area contributed by atoms with Gasteiger partial charge in [0, 0.05) is 21.3 Å². The van der Waals surface area contributed by atoms with Crippen LogP contribution in [0.25, 0.3) is 0 Å². The molecule has 0 atom stereocenters. The second-order valence-electron chi connectivity index (χ2n) is 3.47. The van der Waals surface area contributed by atoms with Crippen LogP contribution in [-0.4, -0.2) is 10.9 Å². The summed E-state index contributed by atoms with van der Waals surface area (Å²) in [6, 6.07) is 6.14. The lowest BCUT2D eigenvalue weighted by molar-refractivity contribution is 0.102. The van der Waals surface area contributed by atoms with E-state index in [4.69, 9.17) is 11.6 Å². The average Bonchev–Trinajstić information content (AvgIpc) is 2.31. The Morgan fingerprint density at radius 1 is 1.39 bits per heavy atom. The third-order valence-electron chi connectivity index (χ3n) is 2.15. The number of halogens is 3. The minimum absolute atomic E-state index is 0.0751. The van der Waals surface area contributed by atoms with Gasteiger partial charge < -0.3 is 5.32 Å². The lowest BCUT2D eigenvalue weighted by atomic mass is 10.2. The van der Waals surface area contributed by atoms with Crippen molar-refractivity contribution in [3.05, 3.63) is 57.5 Å². The second-order valence-corrected chi connectivity index (χ2v) is 4.82. The number of carbonyl (C=O) groups excluding carboxylic acids is 1. The molecule has 0 aliphatic rings. The third kappa shape index (κ3) is 3.05. The lowest BCUT2D eigenvalue weighted by Crippen LogP contribution is -2.13. The number of pyridine rings is 1. The Morgan fingerprint density at radius 3 is 2.83 bits per heavy atom. The van der Waals surface area contributed by atoms with Gasteiger partial charge in [0.1, 0.15) is 0 Å². The molecule has 0 saturated heterocycles. The van der Waals surface area contributed by atoms with Crippen molar-refractivity contribution in [2.24, 2.45) is 0 Å². The Kier molecular flexibility index (Phi) is 3.93. The number of amides is 1. The molecule has 92 valence electrons. The molecule has 0 saturated carbocycles. The van der Waals surface area contributed by atoms with Crippen LogP contribution in [0.5, 0.6) is 0 Å². The first kappa shape index (κ1) is 13.0. The zero-order valence-corrected chi connectivity index (χ0v) is 11.3. The van der Waals surface area contributed by atoms with E-state index >= 15 is 0 Å². The van der Waals surface area contributed by atoms with Crippen molar-refractivity contribution >= 4 is 39.1 Å². The maximum Gasteiger partial charge on any atom is 0.255 e. The van der Waals surface area contributed by atoms with E-state index < -0.39 is 11.7 Å². The van der Waals surface area contributed by atoms with Crippen LogP contribution >= 0.6 is 27.5 Å². The van der Waals surface area contributed by atoms with Crippen LogP contribution < -0.4 is 5.32 Å². The van der Waals surface area contributed by atoms with Crippen LogP contribution in [0.1, 0.15) is 10.4 Å². The van der Waals surface area contributed by atoms with Gasteiger partial charge in [0.2, 0.25) is 0 Å². The Bertz CT molecular complexity index is 586. The molecule has 6 heteroatoms. The van der Waals surface area contributed by atoms with Crippen LogP contribution in [0, 0.1) is 5.82 Å². The van der Waals surface area contributed by atoms with Crippen molar-refractivity contribution in [2.45, 2.75) is 0 Å². The molecule has 1 heterocycles. The van der Waals surface area contributed by atoms with Crippen LogP contribution in [0.15, 0.2) is 41.1 Å². The normalized spacial score (nSPS) is 10.2. The number of hydrogen-bond acceptors (Lipinski definition) is 2. The van der Waals surface area contributed by atoms with Crippen LogP contribution in [-0.2, 0) is 0 Å². The Hall–Kier alpha value is -1.46. The molecular weight excluding hydrogens is 322 g/mol. The van der Waals surface area contributed by atoms with Crippen LogP contribution in [0.4, 0.5) is 10.1 Å². The zero-order chi connectivity index (χ0) is 13.1. The highest BCUT2D eigenvalue weighted by Gasteiger charge is 2.10. The van der Waals surface area contributed by atoms with Gasteiger partial charge in [-0.25, -0.2) is 4.39 Å². The van der Waals surface area contributed by atoms with E-state index in [9.17, 15) is 9.18 Å². The molecule has 0 radical (unpaired) electrons. The van der Waals surface area contributed by atoms with Gasteiger partial charge in [-0.05, 0) is 24.3 Å². The molecule has 1 aromatic carbocycles. The molecule has 1 N–H and O–H groups in total. The van der Waals surface area contributed by atoms with Gasteiger partial charge >= 0.3 is 0 Å². The number of nitrogens with one attached hydrogen (secondary N) is 1. The van der Waals surface area contributed by atoms with Crippen molar-refractivity contribution in [3.8, 4) is 0 Å². The minimum Gasteiger partial charge on any atom is -0.319 e. The zero-order valence-electron chi connectivity index (χ0n) is 8.95. The van der Waals surface area contributed by atoms with Gasteiger partial charge in [0.05, 0.1) is 11.9 Å². The van der Waals surface area contributed by atoms with Crippen molar-refractivity contribution in [2.75, 3.05) is 5.32 Å². The van der Waals surface area contributed by atoms with Crippen LogP contribution in [0.3, 0.4) is 0 Å². The smallest absolute Gasteiger partial charge is 0.255 e. The highest BCUT2D eigenvalue weighted by atomic mass is 79.9. The minimum atomic E-state index is -0.591. The van der Waals surface area contributed by atoms with Crippen LogP contribution in [0.2, 0.25) is 5.02 Å². The maximum atomic E-state index is 13.3. The van der Waals surface area contributed by atoms with E-state index in [1.54, 1.807) is 12.1 Å². The predicted molar refractivity (Wildman–Crippen MR) is 71.3 cm³/mol. The summed E-state index contributed by atoms with van der Waals surface area (Å²) in [5, 5.41) is 2.87. The summed E-state index contributed by atoms with van der Waals surface area (Å²) >= 11 is 9.07. The molecule has 0 spiro atoms. The number of aromatic nitrogens is 1. The highest BCUT2D eigenvalue weighted by molar-refractivity contribution is 9.10. The molecule has 0 aliphatic heterocycles. The molecular formula is C12H7BrClFN2O. The van der Waals surface area contributed by atoms with E-state index in [1.165, 1.54) is 18.3 Å². The van der Waals surface area contributed by atoms with Gasteiger partial charge in [-0.15, -0.1) is 0 Å². The number of carbonyl (C=O) groups is 1. The van der Waals surface area contributed by atoms with E-state index in [1.807, 2.05) is 0 Å². The summed E-state index contributed by atoms with van der Waals surface area (Å²) in [6.07, 6.45) is 2.43. The summed E-state index contributed by atoms with van der Waals surface area (Å²) in [6.45, 7) is 0.